The summed E-state index contributed by atoms with van der Waals surface area (Å²) in [7, 11) is 0. The second-order valence-corrected chi connectivity index (χ2v) is 5.86. The highest BCUT2D eigenvalue weighted by Crippen LogP contribution is 2.25. The highest BCUT2D eigenvalue weighted by atomic mass is 16.5. The lowest BCUT2D eigenvalue weighted by atomic mass is 9.87. The van der Waals surface area contributed by atoms with Gasteiger partial charge in [0.15, 0.2) is 11.7 Å². The van der Waals surface area contributed by atoms with E-state index in [1.165, 1.54) is 5.56 Å². The standard InChI is InChI=1S/C17H24O2/c1-5-6-7-8-16(13-18)19-15-11-9-14(10-12-15)17(2,3)4/h9-12H,5-8H2,1-4H3. The monoisotopic (exact) mass is 260 g/mol. The first-order chi connectivity index (χ1) is 8.97. The third kappa shape index (κ3) is 5.32. The summed E-state index contributed by atoms with van der Waals surface area (Å²) in [4.78, 5) is 10.8. The number of unbranched alkanes of at least 4 members (excludes halogenated alkanes) is 2. The quantitative estimate of drug-likeness (QED) is 0.422. The molecule has 0 atom stereocenters. The van der Waals surface area contributed by atoms with E-state index < -0.39 is 0 Å². The van der Waals surface area contributed by atoms with Crippen molar-refractivity contribution in [3.05, 3.63) is 35.6 Å². The second-order valence-electron chi connectivity index (χ2n) is 5.86. The summed E-state index contributed by atoms with van der Waals surface area (Å²) in [5, 5.41) is 0. The number of allylic oxidation sites excluding steroid dienone is 1. The predicted molar refractivity (Wildman–Crippen MR) is 79.1 cm³/mol. The van der Waals surface area contributed by atoms with E-state index in [0.29, 0.717) is 17.9 Å². The number of ether oxygens (including phenoxy) is 1. The molecule has 0 radical (unpaired) electrons. The molecule has 0 saturated carbocycles. The van der Waals surface area contributed by atoms with Gasteiger partial charge >= 0.3 is 0 Å². The molecule has 0 saturated heterocycles. The molecule has 0 unspecified atom stereocenters. The number of rotatable bonds is 6. The Hall–Kier alpha value is -1.53. The minimum atomic E-state index is 0.128. The molecule has 0 aliphatic rings. The Bertz CT molecular complexity index is 431. The van der Waals surface area contributed by atoms with Crippen molar-refractivity contribution in [3.63, 3.8) is 0 Å². The fourth-order valence-corrected chi connectivity index (χ4v) is 1.82. The van der Waals surface area contributed by atoms with Crippen LogP contribution in [-0.4, -0.2) is 5.94 Å². The maximum Gasteiger partial charge on any atom is 0.187 e. The van der Waals surface area contributed by atoms with E-state index >= 15 is 0 Å². The van der Waals surface area contributed by atoms with Crippen LogP contribution in [-0.2, 0) is 10.2 Å². The molecule has 19 heavy (non-hydrogen) atoms. The molecular weight excluding hydrogens is 236 g/mol. The minimum Gasteiger partial charge on any atom is -0.450 e. The van der Waals surface area contributed by atoms with Crippen molar-refractivity contribution in [2.45, 2.75) is 58.8 Å². The van der Waals surface area contributed by atoms with Gasteiger partial charge in [0, 0.05) is 6.42 Å². The van der Waals surface area contributed by atoms with Crippen molar-refractivity contribution in [1.29, 1.82) is 0 Å². The van der Waals surface area contributed by atoms with Gasteiger partial charge in [0.05, 0.1) is 0 Å². The second kappa shape index (κ2) is 7.16. The van der Waals surface area contributed by atoms with Crippen LogP contribution in [0.25, 0.3) is 0 Å². The Morgan fingerprint density at radius 1 is 1.16 bits per heavy atom. The van der Waals surface area contributed by atoms with Crippen molar-refractivity contribution >= 4 is 5.94 Å². The average Bonchev–Trinajstić information content (AvgIpc) is 2.37. The van der Waals surface area contributed by atoms with Crippen LogP contribution in [0.1, 0.15) is 58.9 Å². The lowest BCUT2D eigenvalue weighted by Gasteiger charge is -2.19. The summed E-state index contributed by atoms with van der Waals surface area (Å²) in [6.45, 7) is 8.65. The smallest absolute Gasteiger partial charge is 0.187 e. The number of hydrogen-bond donors (Lipinski definition) is 0. The molecule has 0 N–H and O–H groups in total. The molecule has 0 spiro atoms. The largest absolute Gasteiger partial charge is 0.450 e. The fraction of sp³-hybridized carbons (Fsp3) is 0.529. The molecule has 0 aliphatic carbocycles. The van der Waals surface area contributed by atoms with Crippen LogP contribution < -0.4 is 4.74 Å². The molecule has 0 bridgehead atoms. The van der Waals surface area contributed by atoms with E-state index in [9.17, 15) is 4.79 Å². The molecule has 0 amide bonds. The molecule has 2 heteroatoms. The Kier molecular flexibility index (Phi) is 5.85. The van der Waals surface area contributed by atoms with Crippen LogP contribution in [0.15, 0.2) is 30.0 Å². The van der Waals surface area contributed by atoms with E-state index in [-0.39, 0.29) is 5.41 Å². The van der Waals surface area contributed by atoms with Gasteiger partial charge in [-0.1, -0.05) is 52.7 Å². The summed E-state index contributed by atoms with van der Waals surface area (Å²) < 4.78 is 5.57. The highest BCUT2D eigenvalue weighted by molar-refractivity contribution is 5.50. The van der Waals surface area contributed by atoms with E-state index in [4.69, 9.17) is 4.74 Å². The maximum absolute atomic E-state index is 10.8. The molecular formula is C17H24O2. The predicted octanol–water partition coefficient (Wildman–Crippen LogP) is 4.66. The third-order valence-electron chi connectivity index (χ3n) is 3.08. The van der Waals surface area contributed by atoms with Crippen LogP contribution in [0, 0.1) is 0 Å². The molecule has 0 aliphatic heterocycles. The first kappa shape index (κ1) is 15.5. The lowest BCUT2D eigenvalue weighted by molar-refractivity contribution is 0.397. The van der Waals surface area contributed by atoms with Crippen molar-refractivity contribution < 1.29 is 9.53 Å². The molecule has 1 aromatic rings. The van der Waals surface area contributed by atoms with Crippen molar-refractivity contribution in [1.82, 2.24) is 0 Å². The topological polar surface area (TPSA) is 26.3 Å². The highest BCUT2D eigenvalue weighted by Gasteiger charge is 2.13. The van der Waals surface area contributed by atoms with E-state index in [1.54, 1.807) is 0 Å². The van der Waals surface area contributed by atoms with Gasteiger partial charge in [0.1, 0.15) is 5.75 Å². The van der Waals surface area contributed by atoms with E-state index in [1.807, 2.05) is 30.2 Å². The Morgan fingerprint density at radius 2 is 1.79 bits per heavy atom. The van der Waals surface area contributed by atoms with Crippen LogP contribution in [0.3, 0.4) is 0 Å². The summed E-state index contributed by atoms with van der Waals surface area (Å²) in [5.74, 6) is 3.01. The molecule has 1 aromatic carbocycles. The van der Waals surface area contributed by atoms with Crippen LogP contribution >= 0.6 is 0 Å². The molecule has 1 rings (SSSR count). The van der Waals surface area contributed by atoms with Gasteiger partial charge in [-0.05, 0) is 29.5 Å². The van der Waals surface area contributed by atoms with Crippen LogP contribution in [0.2, 0.25) is 0 Å². The number of benzene rings is 1. The van der Waals surface area contributed by atoms with Gasteiger partial charge in [0.2, 0.25) is 0 Å². The molecule has 104 valence electrons. The third-order valence-corrected chi connectivity index (χ3v) is 3.08. The summed E-state index contributed by atoms with van der Waals surface area (Å²) in [6, 6.07) is 7.92. The Balaban J connectivity index is 2.64. The minimum absolute atomic E-state index is 0.128. The van der Waals surface area contributed by atoms with Crippen molar-refractivity contribution in [2.24, 2.45) is 0 Å². The van der Waals surface area contributed by atoms with Gasteiger partial charge in [-0.2, -0.15) is 0 Å². The van der Waals surface area contributed by atoms with Gasteiger partial charge in [-0.15, -0.1) is 0 Å². The molecule has 0 aromatic heterocycles. The summed E-state index contributed by atoms with van der Waals surface area (Å²) in [5.41, 5.74) is 1.38. The zero-order valence-corrected chi connectivity index (χ0v) is 12.5. The van der Waals surface area contributed by atoms with Crippen LogP contribution in [0.5, 0.6) is 5.75 Å². The van der Waals surface area contributed by atoms with Crippen molar-refractivity contribution in [3.8, 4) is 5.75 Å². The van der Waals surface area contributed by atoms with Gasteiger partial charge < -0.3 is 4.74 Å². The maximum atomic E-state index is 10.8. The number of carbonyl (C=O) groups excluding carboxylic acids is 1. The fourth-order valence-electron chi connectivity index (χ4n) is 1.82. The average molecular weight is 260 g/mol. The zero-order chi connectivity index (χ0) is 14.3. The SMILES string of the molecule is CCCCCC(=C=O)Oc1ccc(C(C)(C)C)cc1. The Morgan fingerprint density at radius 3 is 2.26 bits per heavy atom. The van der Waals surface area contributed by atoms with E-state index in [2.05, 4.69) is 27.7 Å². The van der Waals surface area contributed by atoms with Gasteiger partial charge in [-0.3, -0.25) is 0 Å². The van der Waals surface area contributed by atoms with Crippen molar-refractivity contribution in [2.75, 3.05) is 0 Å². The first-order valence-corrected chi connectivity index (χ1v) is 6.99. The molecule has 0 fully saturated rings. The lowest BCUT2D eigenvalue weighted by Crippen LogP contribution is -2.10. The van der Waals surface area contributed by atoms with E-state index in [0.717, 1.165) is 19.3 Å². The Labute approximate surface area is 116 Å². The first-order valence-electron chi connectivity index (χ1n) is 6.99. The van der Waals surface area contributed by atoms with Gasteiger partial charge in [-0.25, -0.2) is 4.79 Å². The summed E-state index contributed by atoms with van der Waals surface area (Å²) in [6.07, 6.45) is 3.88. The zero-order valence-electron chi connectivity index (χ0n) is 12.5. The van der Waals surface area contributed by atoms with Gasteiger partial charge in [0.25, 0.3) is 0 Å². The number of hydrogen-bond acceptors (Lipinski definition) is 2. The summed E-state index contributed by atoms with van der Waals surface area (Å²) >= 11 is 0. The molecule has 2 nitrogen and oxygen atoms in total. The van der Waals surface area contributed by atoms with Crippen LogP contribution in [0.4, 0.5) is 0 Å². The molecule has 0 heterocycles. The normalized spacial score (nSPS) is 10.9.